The molecule has 3 N–H and O–H groups in total. The van der Waals surface area contributed by atoms with Crippen LogP contribution in [-0.2, 0) is 4.79 Å². The van der Waals surface area contributed by atoms with E-state index >= 15 is 0 Å². The molecule has 0 saturated carbocycles. The van der Waals surface area contributed by atoms with E-state index in [1.54, 1.807) is 19.1 Å². The molecule has 0 bridgehead atoms. The summed E-state index contributed by atoms with van der Waals surface area (Å²) in [5.74, 6) is -1.28. The van der Waals surface area contributed by atoms with Gasteiger partial charge in [-0.1, -0.05) is 6.92 Å². The second kappa shape index (κ2) is 6.58. The van der Waals surface area contributed by atoms with Gasteiger partial charge in [0.05, 0.1) is 3.57 Å². The van der Waals surface area contributed by atoms with Crippen LogP contribution in [0.15, 0.2) is 18.2 Å². The molecule has 0 aromatic heterocycles. The number of phenols is 1. The van der Waals surface area contributed by atoms with Gasteiger partial charge in [0.25, 0.3) is 5.91 Å². The number of aromatic hydroxyl groups is 1. The zero-order chi connectivity index (χ0) is 13.7. The van der Waals surface area contributed by atoms with Crippen LogP contribution in [0.3, 0.4) is 0 Å². The van der Waals surface area contributed by atoms with Gasteiger partial charge >= 0.3 is 5.97 Å². The van der Waals surface area contributed by atoms with Crippen LogP contribution in [0.25, 0.3) is 0 Å². The summed E-state index contributed by atoms with van der Waals surface area (Å²) in [4.78, 5) is 22.2. The van der Waals surface area contributed by atoms with E-state index < -0.39 is 5.97 Å². The fraction of sp³-hybridized carbons (Fsp3) is 0.333. The lowest BCUT2D eigenvalue weighted by molar-refractivity contribution is -0.137. The molecular weight excluding hydrogens is 349 g/mol. The Balaban J connectivity index is 2.55. The third-order valence-corrected chi connectivity index (χ3v) is 3.25. The van der Waals surface area contributed by atoms with Crippen LogP contribution in [0.4, 0.5) is 0 Å². The standard InChI is InChI=1S/C12H14INO4/c1-7(4-11(16)17)6-14-12(18)8-2-3-9(13)10(15)5-8/h2-3,5,7,15H,4,6H2,1H3,(H,14,18)(H,16,17). The number of rotatable bonds is 5. The molecule has 0 spiro atoms. The summed E-state index contributed by atoms with van der Waals surface area (Å²) in [5, 5.41) is 20.7. The summed E-state index contributed by atoms with van der Waals surface area (Å²) in [6.45, 7) is 2.04. The minimum absolute atomic E-state index is 0.0121. The minimum Gasteiger partial charge on any atom is -0.507 e. The molecule has 1 aromatic rings. The molecule has 5 nitrogen and oxygen atoms in total. The number of carbonyl (C=O) groups excluding carboxylic acids is 1. The van der Waals surface area contributed by atoms with Gasteiger partial charge in [-0.2, -0.15) is 0 Å². The minimum atomic E-state index is -0.886. The van der Waals surface area contributed by atoms with E-state index in [4.69, 9.17) is 5.11 Å². The van der Waals surface area contributed by atoms with Crippen molar-refractivity contribution in [1.82, 2.24) is 5.32 Å². The molecular formula is C12H14INO4. The molecule has 0 saturated heterocycles. The Labute approximate surface area is 118 Å². The van der Waals surface area contributed by atoms with E-state index in [0.29, 0.717) is 9.13 Å². The first kappa shape index (κ1) is 14.7. The van der Waals surface area contributed by atoms with Crippen molar-refractivity contribution in [1.29, 1.82) is 0 Å². The van der Waals surface area contributed by atoms with Crippen molar-refractivity contribution in [3.63, 3.8) is 0 Å². The van der Waals surface area contributed by atoms with Gasteiger partial charge in [0.15, 0.2) is 0 Å². The molecule has 1 aromatic carbocycles. The normalized spacial score (nSPS) is 11.9. The molecule has 6 heteroatoms. The lowest BCUT2D eigenvalue weighted by Crippen LogP contribution is -2.29. The molecule has 1 rings (SSSR count). The smallest absolute Gasteiger partial charge is 0.303 e. The number of phenolic OH excluding ortho intramolecular Hbond substituents is 1. The molecule has 1 amide bonds. The fourth-order valence-corrected chi connectivity index (χ4v) is 1.73. The first-order valence-electron chi connectivity index (χ1n) is 5.38. The second-order valence-corrected chi connectivity index (χ2v) is 5.24. The van der Waals surface area contributed by atoms with Gasteiger partial charge in [0.1, 0.15) is 5.75 Å². The van der Waals surface area contributed by atoms with E-state index in [-0.39, 0.29) is 30.5 Å². The zero-order valence-electron chi connectivity index (χ0n) is 9.81. The van der Waals surface area contributed by atoms with Gasteiger partial charge in [-0.05, 0) is 46.7 Å². The maximum Gasteiger partial charge on any atom is 0.303 e. The number of benzene rings is 1. The lowest BCUT2D eigenvalue weighted by Gasteiger charge is -2.10. The van der Waals surface area contributed by atoms with Gasteiger partial charge in [-0.3, -0.25) is 9.59 Å². The summed E-state index contributed by atoms with van der Waals surface area (Å²) in [6, 6.07) is 4.64. The molecule has 18 heavy (non-hydrogen) atoms. The first-order chi connectivity index (χ1) is 8.40. The number of hydrogen-bond acceptors (Lipinski definition) is 3. The summed E-state index contributed by atoms with van der Waals surface area (Å²) in [5.41, 5.74) is 0.357. The van der Waals surface area contributed by atoms with Gasteiger partial charge in [-0.25, -0.2) is 0 Å². The van der Waals surface area contributed by atoms with Crippen molar-refractivity contribution in [3.05, 3.63) is 27.3 Å². The highest BCUT2D eigenvalue weighted by Gasteiger charge is 2.11. The SMILES string of the molecule is CC(CNC(=O)c1ccc(I)c(O)c1)CC(=O)O. The van der Waals surface area contributed by atoms with Crippen LogP contribution < -0.4 is 5.32 Å². The van der Waals surface area contributed by atoms with E-state index in [2.05, 4.69) is 5.32 Å². The number of carboxylic acid groups (broad SMARTS) is 1. The molecule has 0 radical (unpaired) electrons. The van der Waals surface area contributed by atoms with Crippen molar-refractivity contribution in [2.75, 3.05) is 6.54 Å². The number of aliphatic carboxylic acids is 1. The highest BCUT2D eigenvalue weighted by molar-refractivity contribution is 14.1. The maximum absolute atomic E-state index is 11.7. The number of halogens is 1. The first-order valence-corrected chi connectivity index (χ1v) is 6.46. The van der Waals surface area contributed by atoms with E-state index in [1.807, 2.05) is 22.6 Å². The molecule has 0 heterocycles. The molecule has 1 unspecified atom stereocenters. The molecule has 0 aliphatic rings. The fourth-order valence-electron chi connectivity index (χ4n) is 1.39. The summed E-state index contributed by atoms with van der Waals surface area (Å²) >= 11 is 1.96. The van der Waals surface area contributed by atoms with E-state index in [1.165, 1.54) is 6.07 Å². The largest absolute Gasteiger partial charge is 0.507 e. The van der Waals surface area contributed by atoms with E-state index in [0.717, 1.165) is 0 Å². The highest BCUT2D eigenvalue weighted by atomic mass is 127. The number of amides is 1. The van der Waals surface area contributed by atoms with Crippen molar-refractivity contribution < 1.29 is 19.8 Å². The topological polar surface area (TPSA) is 86.6 Å². The summed E-state index contributed by atoms with van der Waals surface area (Å²) < 4.78 is 0.670. The Hall–Kier alpha value is -1.31. The predicted molar refractivity (Wildman–Crippen MR) is 74.6 cm³/mol. The molecule has 0 fully saturated rings. The Bertz CT molecular complexity index is 461. The van der Waals surface area contributed by atoms with Crippen LogP contribution in [0.5, 0.6) is 5.75 Å². The van der Waals surface area contributed by atoms with Crippen LogP contribution in [-0.4, -0.2) is 28.6 Å². The lowest BCUT2D eigenvalue weighted by atomic mass is 10.1. The summed E-state index contributed by atoms with van der Waals surface area (Å²) in [6.07, 6.45) is 0.0121. The Kier molecular flexibility index (Phi) is 5.39. The highest BCUT2D eigenvalue weighted by Crippen LogP contribution is 2.20. The second-order valence-electron chi connectivity index (χ2n) is 4.08. The third-order valence-electron chi connectivity index (χ3n) is 2.34. The van der Waals surface area contributed by atoms with Crippen LogP contribution in [0.2, 0.25) is 0 Å². The average Bonchev–Trinajstić information content (AvgIpc) is 2.28. The van der Waals surface area contributed by atoms with Gasteiger partial charge in [0, 0.05) is 18.5 Å². The molecule has 1 atom stereocenters. The van der Waals surface area contributed by atoms with Gasteiger partial charge < -0.3 is 15.5 Å². The number of nitrogens with one attached hydrogen (secondary N) is 1. The Morgan fingerprint density at radius 3 is 2.67 bits per heavy atom. The summed E-state index contributed by atoms with van der Waals surface area (Å²) in [7, 11) is 0. The maximum atomic E-state index is 11.7. The van der Waals surface area contributed by atoms with Crippen LogP contribution in [0, 0.1) is 9.49 Å². The van der Waals surface area contributed by atoms with Crippen LogP contribution in [0.1, 0.15) is 23.7 Å². The average molecular weight is 363 g/mol. The predicted octanol–water partition coefficient (Wildman–Crippen LogP) is 1.84. The Morgan fingerprint density at radius 1 is 1.44 bits per heavy atom. The molecule has 0 aliphatic carbocycles. The molecule has 98 valence electrons. The quantitative estimate of drug-likeness (QED) is 0.697. The third kappa shape index (κ3) is 4.52. The van der Waals surface area contributed by atoms with Gasteiger partial charge in [0.2, 0.25) is 0 Å². The van der Waals surface area contributed by atoms with Crippen molar-refractivity contribution in [2.45, 2.75) is 13.3 Å². The zero-order valence-corrected chi connectivity index (χ0v) is 12.0. The number of carboxylic acids is 1. The van der Waals surface area contributed by atoms with Crippen LogP contribution >= 0.6 is 22.6 Å². The van der Waals surface area contributed by atoms with Crippen molar-refractivity contribution in [2.24, 2.45) is 5.92 Å². The van der Waals surface area contributed by atoms with Gasteiger partial charge in [-0.15, -0.1) is 0 Å². The Morgan fingerprint density at radius 2 is 2.11 bits per heavy atom. The van der Waals surface area contributed by atoms with Crippen molar-refractivity contribution >= 4 is 34.5 Å². The monoisotopic (exact) mass is 363 g/mol. The number of hydrogen-bond donors (Lipinski definition) is 3. The van der Waals surface area contributed by atoms with E-state index in [9.17, 15) is 14.7 Å². The van der Waals surface area contributed by atoms with Crippen molar-refractivity contribution in [3.8, 4) is 5.75 Å². The number of carbonyl (C=O) groups is 2. The molecule has 0 aliphatic heterocycles.